The van der Waals surface area contributed by atoms with Gasteiger partial charge in [0.05, 0.1) is 6.54 Å². The summed E-state index contributed by atoms with van der Waals surface area (Å²) in [5.41, 5.74) is 1.13. The lowest BCUT2D eigenvalue weighted by Crippen LogP contribution is -2.17. The number of hydrogen-bond donors (Lipinski definition) is 0. The van der Waals surface area contributed by atoms with E-state index in [0.717, 1.165) is 22.8 Å². The molecule has 0 bridgehead atoms. The molecule has 2 aromatic rings. The quantitative estimate of drug-likeness (QED) is 0.834. The Hall–Kier alpha value is -1.09. The molecule has 1 saturated carbocycles. The number of fused-ring (bicyclic) bond motifs is 1. The number of hydrogen-bond acceptors (Lipinski definition) is 1. The number of rotatable bonds is 3. The summed E-state index contributed by atoms with van der Waals surface area (Å²) in [7, 11) is 0. The Balaban J connectivity index is 1.85. The molecule has 0 radical (unpaired) electrons. The molecule has 2 nitrogen and oxygen atoms in total. The standard InChI is InChI=1S/C15H16BrNO/c16-13-6-5-11-7-8-17(14(11)9-13)10-15(18)12-3-1-2-4-12/h5-9,12H,1-4,10H2. The maximum atomic E-state index is 12.2. The van der Waals surface area contributed by atoms with Crippen molar-refractivity contribution in [1.29, 1.82) is 0 Å². The van der Waals surface area contributed by atoms with Crippen LogP contribution in [-0.4, -0.2) is 10.4 Å². The van der Waals surface area contributed by atoms with Crippen LogP contribution >= 0.6 is 15.9 Å². The zero-order chi connectivity index (χ0) is 12.5. The SMILES string of the molecule is O=C(Cn1ccc2ccc(Br)cc21)C1CCCC1. The fourth-order valence-electron chi connectivity index (χ4n) is 2.84. The molecule has 0 spiro atoms. The van der Waals surface area contributed by atoms with Crippen LogP contribution in [0, 0.1) is 5.92 Å². The summed E-state index contributed by atoms with van der Waals surface area (Å²) in [6.45, 7) is 0.518. The van der Waals surface area contributed by atoms with E-state index in [-0.39, 0.29) is 0 Å². The van der Waals surface area contributed by atoms with Gasteiger partial charge in [-0.15, -0.1) is 0 Å². The van der Waals surface area contributed by atoms with E-state index >= 15 is 0 Å². The number of ketones is 1. The molecule has 0 saturated heterocycles. The molecule has 1 aromatic carbocycles. The fourth-order valence-corrected chi connectivity index (χ4v) is 3.19. The maximum Gasteiger partial charge on any atom is 0.155 e. The summed E-state index contributed by atoms with van der Waals surface area (Å²) in [6, 6.07) is 8.27. The van der Waals surface area contributed by atoms with Crippen molar-refractivity contribution in [3.05, 3.63) is 34.9 Å². The first-order valence-corrected chi connectivity index (χ1v) is 7.30. The highest BCUT2D eigenvalue weighted by Gasteiger charge is 2.22. The van der Waals surface area contributed by atoms with Crippen LogP contribution in [0.15, 0.2) is 34.9 Å². The summed E-state index contributed by atoms with van der Waals surface area (Å²) in [4.78, 5) is 12.2. The Kier molecular flexibility index (Phi) is 3.25. The number of Topliss-reactive ketones (excluding diaryl/α,β-unsaturated/α-hetero) is 1. The van der Waals surface area contributed by atoms with Gasteiger partial charge in [-0.05, 0) is 36.4 Å². The van der Waals surface area contributed by atoms with Crippen LogP contribution in [0.4, 0.5) is 0 Å². The van der Waals surface area contributed by atoms with Crippen molar-refractivity contribution in [3.8, 4) is 0 Å². The smallest absolute Gasteiger partial charge is 0.155 e. The van der Waals surface area contributed by atoms with Crippen LogP contribution < -0.4 is 0 Å². The molecule has 1 fully saturated rings. The van der Waals surface area contributed by atoms with Crippen LogP contribution in [0.1, 0.15) is 25.7 Å². The van der Waals surface area contributed by atoms with Crippen molar-refractivity contribution < 1.29 is 4.79 Å². The Morgan fingerprint density at radius 2 is 2.06 bits per heavy atom. The van der Waals surface area contributed by atoms with Crippen molar-refractivity contribution in [2.75, 3.05) is 0 Å². The van der Waals surface area contributed by atoms with Gasteiger partial charge in [-0.2, -0.15) is 0 Å². The van der Waals surface area contributed by atoms with E-state index in [1.54, 1.807) is 0 Å². The van der Waals surface area contributed by atoms with Gasteiger partial charge in [0.2, 0.25) is 0 Å². The third-order valence-corrected chi connectivity index (χ3v) is 4.37. The average molecular weight is 306 g/mol. The molecule has 1 aliphatic carbocycles. The third-order valence-electron chi connectivity index (χ3n) is 3.87. The number of carbonyl (C=O) groups is 1. The van der Waals surface area contributed by atoms with Crippen molar-refractivity contribution in [1.82, 2.24) is 4.57 Å². The van der Waals surface area contributed by atoms with Gasteiger partial charge < -0.3 is 4.57 Å². The van der Waals surface area contributed by atoms with Crippen molar-refractivity contribution in [2.45, 2.75) is 32.2 Å². The van der Waals surface area contributed by atoms with E-state index in [4.69, 9.17) is 0 Å². The Morgan fingerprint density at radius 3 is 2.83 bits per heavy atom. The predicted octanol–water partition coefficient (Wildman–Crippen LogP) is 4.16. The van der Waals surface area contributed by atoms with E-state index in [1.807, 2.05) is 12.3 Å². The molecule has 94 valence electrons. The molecule has 3 heteroatoms. The number of benzene rings is 1. The molecule has 0 N–H and O–H groups in total. The predicted molar refractivity (Wildman–Crippen MR) is 76.6 cm³/mol. The number of carbonyl (C=O) groups excluding carboxylic acids is 1. The van der Waals surface area contributed by atoms with Gasteiger partial charge in [-0.25, -0.2) is 0 Å². The molecule has 18 heavy (non-hydrogen) atoms. The lowest BCUT2D eigenvalue weighted by molar-refractivity contribution is -0.123. The van der Waals surface area contributed by atoms with Gasteiger partial charge in [0.25, 0.3) is 0 Å². The van der Waals surface area contributed by atoms with Crippen LogP contribution in [0.5, 0.6) is 0 Å². The molecule has 1 aliphatic rings. The zero-order valence-electron chi connectivity index (χ0n) is 10.2. The lowest BCUT2D eigenvalue weighted by atomic mass is 10.0. The third kappa shape index (κ3) is 2.24. The first-order chi connectivity index (χ1) is 8.74. The molecule has 0 amide bonds. The van der Waals surface area contributed by atoms with Gasteiger partial charge in [0.15, 0.2) is 5.78 Å². The van der Waals surface area contributed by atoms with Gasteiger partial charge in [0.1, 0.15) is 0 Å². The summed E-state index contributed by atoms with van der Waals surface area (Å²) < 4.78 is 3.13. The first-order valence-electron chi connectivity index (χ1n) is 6.51. The highest BCUT2D eigenvalue weighted by Crippen LogP contribution is 2.27. The Morgan fingerprint density at radius 1 is 1.28 bits per heavy atom. The molecule has 1 heterocycles. The molecule has 3 rings (SSSR count). The van der Waals surface area contributed by atoms with E-state index < -0.39 is 0 Å². The normalized spacial score (nSPS) is 16.5. The van der Waals surface area contributed by atoms with Crippen LogP contribution in [0.2, 0.25) is 0 Å². The molecule has 1 aromatic heterocycles. The largest absolute Gasteiger partial charge is 0.340 e. The van der Waals surface area contributed by atoms with Crippen LogP contribution in [0.25, 0.3) is 10.9 Å². The van der Waals surface area contributed by atoms with Crippen LogP contribution in [0.3, 0.4) is 0 Å². The Labute approximate surface area is 115 Å². The number of aromatic nitrogens is 1. The second-order valence-corrected chi connectivity index (χ2v) is 6.01. The van der Waals surface area contributed by atoms with Crippen molar-refractivity contribution >= 4 is 32.6 Å². The highest BCUT2D eigenvalue weighted by molar-refractivity contribution is 9.10. The minimum Gasteiger partial charge on any atom is -0.340 e. The average Bonchev–Trinajstić information content (AvgIpc) is 2.99. The summed E-state index contributed by atoms with van der Waals surface area (Å²) >= 11 is 3.49. The van der Waals surface area contributed by atoms with E-state index in [9.17, 15) is 4.79 Å². The number of nitrogens with zero attached hydrogens (tertiary/aromatic N) is 1. The maximum absolute atomic E-state index is 12.2. The minimum atomic E-state index is 0.301. The topological polar surface area (TPSA) is 22.0 Å². The van der Waals surface area contributed by atoms with Crippen molar-refractivity contribution in [3.63, 3.8) is 0 Å². The minimum absolute atomic E-state index is 0.301. The van der Waals surface area contributed by atoms with Gasteiger partial charge in [-0.1, -0.05) is 34.8 Å². The van der Waals surface area contributed by atoms with Crippen LogP contribution in [-0.2, 0) is 11.3 Å². The van der Waals surface area contributed by atoms with Gasteiger partial charge in [0, 0.05) is 22.1 Å². The second-order valence-electron chi connectivity index (χ2n) is 5.09. The second kappa shape index (κ2) is 4.88. The van der Waals surface area contributed by atoms with Crippen molar-refractivity contribution in [2.24, 2.45) is 5.92 Å². The van der Waals surface area contributed by atoms with E-state index in [0.29, 0.717) is 18.2 Å². The molecule has 0 atom stereocenters. The molecular weight excluding hydrogens is 290 g/mol. The van der Waals surface area contributed by atoms with E-state index in [1.165, 1.54) is 18.2 Å². The summed E-state index contributed by atoms with van der Waals surface area (Å²) in [6.07, 6.45) is 6.62. The fraction of sp³-hybridized carbons (Fsp3) is 0.400. The van der Waals surface area contributed by atoms with E-state index in [2.05, 4.69) is 38.7 Å². The summed E-state index contributed by atoms with van der Waals surface area (Å²) in [5.74, 6) is 0.694. The lowest BCUT2D eigenvalue weighted by Gasteiger charge is -2.10. The monoisotopic (exact) mass is 305 g/mol. The van der Waals surface area contributed by atoms with Gasteiger partial charge >= 0.3 is 0 Å². The Bertz CT molecular complexity index is 581. The number of halogens is 1. The summed E-state index contributed by atoms with van der Waals surface area (Å²) in [5, 5.41) is 1.19. The van der Waals surface area contributed by atoms with Gasteiger partial charge in [-0.3, -0.25) is 4.79 Å². The molecule has 0 aliphatic heterocycles. The highest BCUT2D eigenvalue weighted by atomic mass is 79.9. The molecule has 0 unspecified atom stereocenters. The first kappa shape index (κ1) is 12.0. The molecular formula is C15H16BrNO. The zero-order valence-corrected chi connectivity index (χ0v) is 11.8.